The van der Waals surface area contributed by atoms with Crippen LogP contribution in [0.5, 0.6) is 5.75 Å². The zero-order valence-electron chi connectivity index (χ0n) is 14.7. The first-order valence-electron chi connectivity index (χ1n) is 9.38. The maximum atomic E-state index is 11.4. The van der Waals surface area contributed by atoms with E-state index in [1.807, 2.05) is 12.1 Å². The molecule has 0 aromatic heterocycles. The summed E-state index contributed by atoms with van der Waals surface area (Å²) in [7, 11) is 1.70. The largest absolute Gasteiger partial charge is 0.505 e. The van der Waals surface area contributed by atoms with Crippen molar-refractivity contribution in [2.24, 2.45) is 0 Å². The Bertz CT molecular complexity index is 666. The molecule has 1 fully saturated rings. The second-order valence-corrected chi connectivity index (χ2v) is 7.89. The number of hydrogen-bond acceptors (Lipinski definition) is 1. The molecule has 0 aliphatic carbocycles. The van der Waals surface area contributed by atoms with Crippen molar-refractivity contribution in [1.29, 1.82) is 0 Å². The van der Waals surface area contributed by atoms with Gasteiger partial charge in [0.15, 0.2) is 5.54 Å². The highest BCUT2D eigenvalue weighted by Gasteiger charge is 2.55. The van der Waals surface area contributed by atoms with Crippen molar-refractivity contribution >= 4 is 6.21 Å². The van der Waals surface area contributed by atoms with Gasteiger partial charge in [-0.15, -0.1) is 0 Å². The van der Waals surface area contributed by atoms with Crippen LogP contribution in [0.15, 0.2) is 24.3 Å². The molecule has 3 aliphatic heterocycles. The summed E-state index contributed by atoms with van der Waals surface area (Å²) in [5.74, 6) is 0.895. The normalized spacial score (nSPS) is 32.5. The summed E-state index contributed by atoms with van der Waals surface area (Å²) in [4.78, 5) is 0. The molecule has 3 heterocycles. The number of rotatable bonds is 3. The molecule has 4 nitrogen and oxygen atoms in total. The van der Waals surface area contributed by atoms with Crippen LogP contribution < -0.4 is 4.74 Å². The molecule has 0 N–H and O–H groups in total. The van der Waals surface area contributed by atoms with Gasteiger partial charge in [0.1, 0.15) is 18.8 Å². The summed E-state index contributed by atoms with van der Waals surface area (Å²) in [6.45, 7) is 2.29. The van der Waals surface area contributed by atoms with Crippen LogP contribution in [0, 0.1) is 0 Å². The molecule has 1 aromatic rings. The quantitative estimate of drug-likeness (QED) is 0.782. The van der Waals surface area contributed by atoms with E-state index in [1.165, 1.54) is 18.4 Å². The Morgan fingerprint density at radius 2 is 1.67 bits per heavy atom. The van der Waals surface area contributed by atoms with E-state index < -0.39 is 0 Å². The van der Waals surface area contributed by atoms with Crippen LogP contribution in [0.25, 0.3) is 5.53 Å². The first kappa shape index (κ1) is 15.8. The van der Waals surface area contributed by atoms with Gasteiger partial charge in [0.25, 0.3) is 0 Å². The molecular weight excluding hydrogens is 298 g/mol. The van der Waals surface area contributed by atoms with Crippen LogP contribution in [0.4, 0.5) is 0 Å². The zero-order chi connectivity index (χ0) is 16.6. The van der Waals surface area contributed by atoms with Crippen LogP contribution in [-0.4, -0.2) is 46.8 Å². The van der Waals surface area contributed by atoms with E-state index >= 15 is 0 Å². The third-order valence-electron chi connectivity index (χ3n) is 6.38. The van der Waals surface area contributed by atoms with E-state index in [9.17, 15) is 5.53 Å². The summed E-state index contributed by atoms with van der Waals surface area (Å²) < 4.78 is 9.52. The van der Waals surface area contributed by atoms with Crippen molar-refractivity contribution in [3.8, 4) is 5.75 Å². The Kier molecular flexibility index (Phi) is 3.93. The van der Waals surface area contributed by atoms with E-state index in [4.69, 9.17) is 4.74 Å². The number of ether oxygens (including phenoxy) is 1. The lowest BCUT2D eigenvalue weighted by Gasteiger charge is -2.47. The number of benzene rings is 1. The minimum absolute atomic E-state index is 0.118. The summed E-state index contributed by atoms with van der Waals surface area (Å²) in [6, 6.07) is 8.37. The Balaban J connectivity index is 1.68. The van der Waals surface area contributed by atoms with Gasteiger partial charge >= 0.3 is 0 Å². The van der Waals surface area contributed by atoms with Gasteiger partial charge in [0, 0.05) is 44.9 Å². The second kappa shape index (κ2) is 5.98. The standard InChI is InChI=1S/C20H28N3O/c1-24-18-7-5-17(6-8-18)15-19-9-2-10-20(23(19)21)12-4-14-22(16-20)13-3-11-19/h5-8,16H,2-4,9-15H2,1H3/q+1. The maximum absolute atomic E-state index is 11.4. The smallest absolute Gasteiger partial charge is 0.228 e. The molecule has 0 radical (unpaired) electrons. The third kappa shape index (κ3) is 2.56. The molecule has 1 saturated heterocycles. The van der Waals surface area contributed by atoms with Crippen molar-refractivity contribution in [2.75, 3.05) is 20.2 Å². The molecule has 128 valence electrons. The highest BCUT2D eigenvalue weighted by molar-refractivity contribution is 5.64. The van der Waals surface area contributed by atoms with Crippen LogP contribution in [-0.2, 0) is 6.42 Å². The van der Waals surface area contributed by atoms with Gasteiger partial charge in [0.2, 0.25) is 11.8 Å². The van der Waals surface area contributed by atoms with Crippen LogP contribution in [0.3, 0.4) is 0 Å². The Morgan fingerprint density at radius 3 is 2.42 bits per heavy atom. The summed E-state index contributed by atoms with van der Waals surface area (Å²) >= 11 is 0. The summed E-state index contributed by atoms with van der Waals surface area (Å²) in [5.41, 5.74) is 12.4. The van der Waals surface area contributed by atoms with Crippen molar-refractivity contribution in [2.45, 2.75) is 62.4 Å². The SMILES string of the molecule is COc1ccc(CC23CCC[N+]4=CC(CCC4)(CCC2)[N+]3=[N-])cc1. The molecule has 1 aromatic carbocycles. The highest BCUT2D eigenvalue weighted by Crippen LogP contribution is 2.43. The number of piperidine rings is 1. The van der Waals surface area contributed by atoms with Gasteiger partial charge < -0.3 is 15.0 Å². The number of nitrogens with zero attached hydrogens (tertiary/aromatic N) is 3. The van der Waals surface area contributed by atoms with Gasteiger partial charge in [-0.3, -0.25) is 0 Å². The number of methoxy groups -OCH3 is 1. The van der Waals surface area contributed by atoms with E-state index in [2.05, 4.69) is 22.9 Å². The van der Waals surface area contributed by atoms with Gasteiger partial charge in [-0.2, -0.15) is 0 Å². The summed E-state index contributed by atoms with van der Waals surface area (Å²) in [5, 5.41) is 0. The molecule has 0 saturated carbocycles. The zero-order valence-corrected chi connectivity index (χ0v) is 14.7. The van der Waals surface area contributed by atoms with Crippen LogP contribution >= 0.6 is 0 Å². The van der Waals surface area contributed by atoms with Gasteiger partial charge in [-0.1, -0.05) is 12.1 Å². The predicted molar refractivity (Wildman–Crippen MR) is 94.2 cm³/mol. The average molecular weight is 326 g/mol. The first-order valence-corrected chi connectivity index (χ1v) is 9.38. The number of hydrogen-bond donors (Lipinski definition) is 0. The first-order chi connectivity index (χ1) is 11.7. The van der Waals surface area contributed by atoms with E-state index in [0.717, 1.165) is 57.4 Å². The predicted octanol–water partition coefficient (Wildman–Crippen LogP) is 3.60. The fraction of sp³-hybridized carbons (Fsp3) is 0.650. The van der Waals surface area contributed by atoms with E-state index in [1.54, 1.807) is 11.8 Å². The van der Waals surface area contributed by atoms with Crippen LogP contribution in [0.1, 0.15) is 50.5 Å². The molecular formula is C20H28N3O+. The van der Waals surface area contributed by atoms with Gasteiger partial charge in [-0.05, 0) is 24.1 Å². The topological polar surface area (TPSA) is 37.5 Å². The maximum Gasteiger partial charge on any atom is 0.228 e. The minimum atomic E-state index is -0.136. The summed E-state index contributed by atoms with van der Waals surface area (Å²) in [6.07, 6.45) is 11.2. The van der Waals surface area contributed by atoms with E-state index in [0.29, 0.717) is 0 Å². The Hall–Kier alpha value is -1.71. The molecule has 24 heavy (non-hydrogen) atoms. The lowest BCUT2D eigenvalue weighted by molar-refractivity contribution is -0.706. The molecule has 1 spiro atoms. The van der Waals surface area contributed by atoms with Crippen molar-refractivity contribution in [1.82, 2.24) is 0 Å². The average Bonchev–Trinajstić information content (AvgIpc) is 2.60. The van der Waals surface area contributed by atoms with Crippen molar-refractivity contribution in [3.05, 3.63) is 35.4 Å². The van der Waals surface area contributed by atoms with E-state index in [-0.39, 0.29) is 11.1 Å². The molecule has 3 aliphatic rings. The fourth-order valence-corrected chi connectivity index (χ4v) is 5.21. The molecule has 4 heteroatoms. The Labute approximate surface area is 144 Å². The number of fused-ring (bicyclic) bond motifs is 1. The van der Waals surface area contributed by atoms with Gasteiger partial charge in [-0.25, -0.2) is 4.58 Å². The molecule has 2 unspecified atom stereocenters. The lowest BCUT2D eigenvalue weighted by atomic mass is 9.71. The lowest BCUT2D eigenvalue weighted by Crippen LogP contribution is -2.62. The molecule has 3 bridgehead atoms. The molecule has 2 atom stereocenters. The minimum Gasteiger partial charge on any atom is -0.505 e. The fourth-order valence-electron chi connectivity index (χ4n) is 5.21. The van der Waals surface area contributed by atoms with Crippen molar-refractivity contribution in [3.63, 3.8) is 0 Å². The molecule has 0 amide bonds. The highest BCUT2D eigenvalue weighted by atomic mass is 16.5. The second-order valence-electron chi connectivity index (χ2n) is 7.89. The van der Waals surface area contributed by atoms with Gasteiger partial charge in [0.05, 0.1) is 7.11 Å². The third-order valence-corrected chi connectivity index (χ3v) is 6.38. The molecule has 4 rings (SSSR count). The van der Waals surface area contributed by atoms with Crippen LogP contribution in [0.2, 0.25) is 0 Å². The Morgan fingerprint density at radius 1 is 1.00 bits per heavy atom. The monoisotopic (exact) mass is 326 g/mol. The van der Waals surface area contributed by atoms with Crippen molar-refractivity contribution < 1.29 is 14.0 Å².